The second-order valence-electron chi connectivity index (χ2n) is 5.29. The molecule has 126 valence electrons. The molecular weight excluding hydrogens is 364 g/mol. The van der Waals surface area contributed by atoms with Crippen molar-refractivity contribution in [1.82, 2.24) is 10.2 Å². The smallest absolute Gasteiger partial charge is 0.234 e. The van der Waals surface area contributed by atoms with Gasteiger partial charge in [-0.05, 0) is 35.7 Å². The molecule has 1 amide bonds. The predicted molar refractivity (Wildman–Crippen MR) is 98.3 cm³/mol. The van der Waals surface area contributed by atoms with Crippen molar-refractivity contribution in [1.29, 1.82) is 0 Å². The summed E-state index contributed by atoms with van der Waals surface area (Å²) in [7, 11) is 0. The van der Waals surface area contributed by atoms with E-state index in [0.717, 1.165) is 21.5 Å². The van der Waals surface area contributed by atoms with Gasteiger partial charge in [-0.3, -0.25) is 9.69 Å². The van der Waals surface area contributed by atoms with Gasteiger partial charge in [-0.15, -0.1) is 22.7 Å². The van der Waals surface area contributed by atoms with Crippen LogP contribution in [0.4, 0.5) is 0 Å². The van der Waals surface area contributed by atoms with Crippen molar-refractivity contribution in [2.45, 2.75) is 19.6 Å². The lowest BCUT2D eigenvalue weighted by Gasteiger charge is -2.20. The van der Waals surface area contributed by atoms with Crippen LogP contribution in [0.1, 0.15) is 15.5 Å². The molecule has 0 aliphatic heterocycles. The Morgan fingerprint density at radius 3 is 2.75 bits per heavy atom. The van der Waals surface area contributed by atoms with E-state index in [-0.39, 0.29) is 5.91 Å². The van der Waals surface area contributed by atoms with Crippen LogP contribution in [0.15, 0.2) is 52.5 Å². The van der Waals surface area contributed by atoms with Crippen molar-refractivity contribution < 1.29 is 9.21 Å². The molecule has 0 atom stereocenters. The summed E-state index contributed by atoms with van der Waals surface area (Å²) < 4.78 is 6.15. The zero-order valence-electron chi connectivity index (χ0n) is 12.9. The maximum absolute atomic E-state index is 12.3. The number of rotatable bonds is 8. The van der Waals surface area contributed by atoms with Crippen molar-refractivity contribution in [2.24, 2.45) is 0 Å². The van der Waals surface area contributed by atoms with Gasteiger partial charge >= 0.3 is 0 Å². The van der Waals surface area contributed by atoms with E-state index in [0.29, 0.717) is 19.6 Å². The fourth-order valence-electron chi connectivity index (χ4n) is 2.31. The van der Waals surface area contributed by atoms with E-state index in [4.69, 9.17) is 16.0 Å². The third-order valence-electron chi connectivity index (χ3n) is 3.37. The molecule has 0 bridgehead atoms. The molecule has 0 saturated heterocycles. The van der Waals surface area contributed by atoms with E-state index in [9.17, 15) is 4.79 Å². The van der Waals surface area contributed by atoms with Gasteiger partial charge in [0.15, 0.2) is 0 Å². The van der Waals surface area contributed by atoms with Crippen LogP contribution in [0.3, 0.4) is 0 Å². The molecule has 0 aliphatic rings. The zero-order chi connectivity index (χ0) is 16.8. The molecule has 0 saturated carbocycles. The molecule has 0 spiro atoms. The number of nitrogens with zero attached hydrogens (tertiary/aromatic N) is 1. The molecule has 1 N–H and O–H groups in total. The van der Waals surface area contributed by atoms with E-state index in [2.05, 4.69) is 16.3 Å². The lowest BCUT2D eigenvalue weighted by atomic mass is 10.3. The highest BCUT2D eigenvalue weighted by atomic mass is 35.5. The first-order valence-electron chi connectivity index (χ1n) is 7.47. The minimum atomic E-state index is -0.0114. The number of furan rings is 1. The standard InChI is InChI=1S/C17H17ClN2O2S2/c18-16-6-5-14(24-16)9-19-17(21)12-20(10-13-3-1-7-22-13)11-15-4-2-8-23-15/h1-8H,9-12H2,(H,19,21). The van der Waals surface area contributed by atoms with Crippen LogP contribution in [0.2, 0.25) is 4.34 Å². The summed E-state index contributed by atoms with van der Waals surface area (Å²) in [5.41, 5.74) is 0. The fraction of sp³-hybridized carbons (Fsp3) is 0.235. The molecular formula is C17H17ClN2O2S2. The van der Waals surface area contributed by atoms with Crippen LogP contribution in [0.25, 0.3) is 0 Å². The monoisotopic (exact) mass is 380 g/mol. The maximum Gasteiger partial charge on any atom is 0.234 e. The molecule has 0 radical (unpaired) electrons. The molecule has 0 aliphatic carbocycles. The molecule has 4 nitrogen and oxygen atoms in total. The summed E-state index contributed by atoms with van der Waals surface area (Å²) in [5.74, 6) is 0.840. The van der Waals surface area contributed by atoms with Gasteiger partial charge in [-0.1, -0.05) is 17.7 Å². The Morgan fingerprint density at radius 2 is 2.08 bits per heavy atom. The summed E-state index contributed by atoms with van der Waals surface area (Å²) in [6, 6.07) is 11.6. The van der Waals surface area contributed by atoms with Crippen LogP contribution in [0.5, 0.6) is 0 Å². The van der Waals surface area contributed by atoms with Crippen molar-refractivity contribution in [3.05, 3.63) is 67.9 Å². The first-order valence-corrected chi connectivity index (χ1v) is 9.54. The summed E-state index contributed by atoms with van der Waals surface area (Å²) in [4.78, 5) is 16.6. The second-order valence-corrected chi connectivity index (χ2v) is 8.12. The summed E-state index contributed by atoms with van der Waals surface area (Å²) in [5, 5.41) is 4.99. The van der Waals surface area contributed by atoms with Gasteiger partial charge < -0.3 is 9.73 Å². The molecule has 0 fully saturated rings. The molecule has 24 heavy (non-hydrogen) atoms. The number of amides is 1. The highest BCUT2D eigenvalue weighted by molar-refractivity contribution is 7.16. The number of carbonyl (C=O) groups is 1. The minimum Gasteiger partial charge on any atom is -0.468 e. The first-order chi connectivity index (χ1) is 11.7. The number of hydrogen-bond donors (Lipinski definition) is 1. The lowest BCUT2D eigenvalue weighted by Crippen LogP contribution is -2.36. The fourth-order valence-corrected chi connectivity index (χ4v) is 4.08. The Hall–Kier alpha value is -1.60. The second kappa shape index (κ2) is 8.48. The van der Waals surface area contributed by atoms with Crippen molar-refractivity contribution >= 4 is 40.2 Å². The van der Waals surface area contributed by atoms with Gasteiger partial charge in [0.2, 0.25) is 5.91 Å². The van der Waals surface area contributed by atoms with Crippen LogP contribution in [0, 0.1) is 0 Å². The van der Waals surface area contributed by atoms with Crippen LogP contribution >= 0.6 is 34.3 Å². The Bertz CT molecular complexity index is 717. The number of thiophene rings is 2. The average Bonchev–Trinajstić information content (AvgIpc) is 3.28. The summed E-state index contributed by atoms with van der Waals surface area (Å²) >= 11 is 9.07. The van der Waals surface area contributed by atoms with Gasteiger partial charge in [-0.2, -0.15) is 0 Å². The third-order valence-corrected chi connectivity index (χ3v) is 5.47. The van der Waals surface area contributed by atoms with E-state index in [1.807, 2.05) is 35.7 Å². The maximum atomic E-state index is 12.3. The van der Waals surface area contributed by atoms with Gasteiger partial charge in [-0.25, -0.2) is 0 Å². The highest BCUT2D eigenvalue weighted by Gasteiger charge is 2.14. The molecule has 3 aromatic rings. The largest absolute Gasteiger partial charge is 0.468 e. The quantitative estimate of drug-likeness (QED) is 0.631. The summed E-state index contributed by atoms with van der Waals surface area (Å²) in [6.07, 6.45) is 1.65. The first kappa shape index (κ1) is 17.2. The third kappa shape index (κ3) is 5.21. The molecule has 3 rings (SSSR count). The number of nitrogens with one attached hydrogen (secondary N) is 1. The Balaban J connectivity index is 1.56. The van der Waals surface area contributed by atoms with E-state index in [1.165, 1.54) is 16.2 Å². The zero-order valence-corrected chi connectivity index (χ0v) is 15.3. The van der Waals surface area contributed by atoms with Crippen molar-refractivity contribution in [2.75, 3.05) is 6.54 Å². The Labute approximate surface area is 153 Å². The van der Waals surface area contributed by atoms with Gasteiger partial charge in [0, 0.05) is 16.3 Å². The Morgan fingerprint density at radius 1 is 1.17 bits per heavy atom. The van der Waals surface area contributed by atoms with E-state index in [1.54, 1.807) is 17.6 Å². The minimum absolute atomic E-state index is 0.0114. The lowest BCUT2D eigenvalue weighted by molar-refractivity contribution is -0.122. The normalized spacial score (nSPS) is 11.1. The SMILES string of the molecule is O=C(CN(Cc1ccco1)Cc1cccs1)NCc1ccc(Cl)s1. The number of carbonyl (C=O) groups excluding carboxylic acids is 1. The average molecular weight is 381 g/mol. The van der Waals surface area contributed by atoms with Crippen LogP contribution in [-0.4, -0.2) is 17.4 Å². The van der Waals surface area contributed by atoms with Crippen molar-refractivity contribution in [3.63, 3.8) is 0 Å². The molecule has 7 heteroatoms. The van der Waals surface area contributed by atoms with Crippen LogP contribution in [-0.2, 0) is 24.4 Å². The molecule has 0 unspecified atom stereocenters. The molecule has 3 heterocycles. The van der Waals surface area contributed by atoms with E-state index < -0.39 is 0 Å². The summed E-state index contributed by atoms with van der Waals surface area (Å²) in [6.45, 7) is 2.14. The molecule has 0 aromatic carbocycles. The predicted octanol–water partition coefficient (Wildman–Crippen LogP) is 4.37. The number of hydrogen-bond acceptors (Lipinski definition) is 5. The van der Waals surface area contributed by atoms with Gasteiger partial charge in [0.25, 0.3) is 0 Å². The Kier molecular flexibility index (Phi) is 6.09. The van der Waals surface area contributed by atoms with Crippen LogP contribution < -0.4 is 5.32 Å². The molecule has 3 aromatic heterocycles. The topological polar surface area (TPSA) is 45.5 Å². The number of halogens is 1. The van der Waals surface area contributed by atoms with Gasteiger partial charge in [0.1, 0.15) is 5.76 Å². The van der Waals surface area contributed by atoms with Crippen molar-refractivity contribution in [3.8, 4) is 0 Å². The highest BCUT2D eigenvalue weighted by Crippen LogP contribution is 2.21. The van der Waals surface area contributed by atoms with E-state index >= 15 is 0 Å². The van der Waals surface area contributed by atoms with Gasteiger partial charge in [0.05, 0.1) is 30.2 Å².